The van der Waals surface area contributed by atoms with E-state index >= 15 is 0 Å². The zero-order valence-corrected chi connectivity index (χ0v) is 34.2. The number of rotatable bonds is 28. The average Bonchev–Trinajstić information content (AvgIpc) is 3.68. The van der Waals surface area contributed by atoms with Crippen LogP contribution in [0.2, 0.25) is 0 Å². The third-order valence-electron chi connectivity index (χ3n) is 9.18. The van der Waals surface area contributed by atoms with Gasteiger partial charge in [-0.15, -0.1) is 0 Å². The molecule has 60 heavy (non-hydrogen) atoms. The molecule has 1 aliphatic rings. The summed E-state index contributed by atoms with van der Waals surface area (Å²) < 4.78 is 0. The van der Waals surface area contributed by atoms with Crippen LogP contribution in [0.4, 0.5) is 0 Å². The summed E-state index contributed by atoms with van der Waals surface area (Å²) in [6, 6.07) is -7.38. The molecule has 9 amide bonds. The van der Waals surface area contributed by atoms with Crippen molar-refractivity contribution in [3.05, 3.63) is 0 Å². The quantitative estimate of drug-likeness (QED) is 0.0328. The number of carboxylic acids is 2. The summed E-state index contributed by atoms with van der Waals surface area (Å²) in [5.74, 6) is -9.79. The van der Waals surface area contributed by atoms with Crippen molar-refractivity contribution in [1.82, 2.24) is 42.1 Å². The maximum absolute atomic E-state index is 13.3. The number of likely N-dealkylation sites (tertiary alicyclic amines) is 1. The summed E-state index contributed by atoms with van der Waals surface area (Å²) in [5.41, 5.74) is 15.9. The van der Waals surface area contributed by atoms with Crippen molar-refractivity contribution in [3.8, 4) is 0 Å². The van der Waals surface area contributed by atoms with Crippen molar-refractivity contribution >= 4 is 65.1 Å². The van der Waals surface area contributed by atoms with Gasteiger partial charge in [0.15, 0.2) is 0 Å². The lowest BCUT2D eigenvalue weighted by Gasteiger charge is -2.26. The SMILES string of the molecule is CC(C)C[C@H](NC(=O)CNC(=O)[C@H](CCC(=O)O)NC(=O)[C@H](CCC(N)=O)NC(=O)CN)C(=O)N[C@@H](C)C(=O)NCC(=O)N1CCC[C@H]1C(=O)N[C@@H](CCCCN)C(=O)O. The van der Waals surface area contributed by atoms with Crippen LogP contribution >= 0.6 is 0 Å². The molecule has 0 saturated carbocycles. The third-order valence-corrected chi connectivity index (χ3v) is 9.18. The van der Waals surface area contributed by atoms with Crippen molar-refractivity contribution < 1.29 is 63.0 Å². The zero-order chi connectivity index (χ0) is 45.5. The van der Waals surface area contributed by atoms with E-state index in [0.29, 0.717) is 25.8 Å². The van der Waals surface area contributed by atoms with Crippen LogP contribution in [0.3, 0.4) is 0 Å². The number of carbonyl (C=O) groups is 11. The lowest BCUT2D eigenvalue weighted by molar-refractivity contribution is -0.144. The van der Waals surface area contributed by atoms with E-state index in [9.17, 15) is 63.0 Å². The van der Waals surface area contributed by atoms with Crippen LogP contribution in [0, 0.1) is 5.92 Å². The second kappa shape index (κ2) is 27.0. The Bertz CT molecular complexity index is 1560. The lowest BCUT2D eigenvalue weighted by atomic mass is 10.0. The molecule has 0 spiro atoms. The Morgan fingerprint density at radius 3 is 1.85 bits per heavy atom. The van der Waals surface area contributed by atoms with Crippen LogP contribution in [0.5, 0.6) is 0 Å². The number of unbranched alkanes of at least 4 members (excludes halogenated alkanes) is 1. The molecule has 1 heterocycles. The summed E-state index contributed by atoms with van der Waals surface area (Å²) in [6.45, 7) is 3.66. The van der Waals surface area contributed by atoms with E-state index in [1.807, 2.05) is 0 Å². The van der Waals surface area contributed by atoms with Gasteiger partial charge in [-0.1, -0.05) is 13.8 Å². The number of carbonyl (C=O) groups excluding carboxylic acids is 9. The van der Waals surface area contributed by atoms with Gasteiger partial charge in [0.05, 0.1) is 19.6 Å². The lowest BCUT2D eigenvalue weighted by Crippen LogP contribution is -2.57. The Labute approximate surface area is 347 Å². The third kappa shape index (κ3) is 19.7. The fraction of sp³-hybridized carbons (Fsp3) is 0.694. The van der Waals surface area contributed by atoms with Crippen LogP contribution in [-0.4, -0.2) is 149 Å². The molecule has 338 valence electrons. The number of nitrogens with two attached hydrogens (primary N) is 3. The highest BCUT2D eigenvalue weighted by Gasteiger charge is 2.36. The molecule has 1 fully saturated rings. The fourth-order valence-corrected chi connectivity index (χ4v) is 6.01. The second-order valence-electron chi connectivity index (χ2n) is 14.7. The smallest absolute Gasteiger partial charge is 0.326 e. The number of nitrogens with zero attached hydrogens (tertiary/aromatic N) is 1. The highest BCUT2D eigenvalue weighted by Crippen LogP contribution is 2.18. The van der Waals surface area contributed by atoms with E-state index in [1.54, 1.807) is 13.8 Å². The largest absolute Gasteiger partial charge is 0.481 e. The van der Waals surface area contributed by atoms with E-state index in [4.69, 9.17) is 17.2 Å². The van der Waals surface area contributed by atoms with Crippen molar-refractivity contribution in [1.29, 1.82) is 0 Å². The van der Waals surface area contributed by atoms with Crippen molar-refractivity contribution in [2.24, 2.45) is 23.1 Å². The Hall–Kier alpha value is -5.91. The molecule has 6 atom stereocenters. The van der Waals surface area contributed by atoms with Gasteiger partial charge in [0.1, 0.15) is 36.3 Å². The first-order chi connectivity index (χ1) is 28.2. The number of hydrogen-bond acceptors (Lipinski definition) is 13. The Morgan fingerprint density at radius 1 is 0.667 bits per heavy atom. The normalized spacial score (nSPS) is 15.9. The van der Waals surface area contributed by atoms with Crippen LogP contribution in [-0.2, 0) is 52.7 Å². The monoisotopic (exact) mass is 855 g/mol. The molecule has 0 unspecified atom stereocenters. The molecule has 0 aliphatic carbocycles. The number of primary amides is 1. The highest BCUT2D eigenvalue weighted by atomic mass is 16.4. The van der Waals surface area contributed by atoms with Gasteiger partial charge in [0, 0.05) is 19.4 Å². The van der Waals surface area contributed by atoms with Crippen LogP contribution in [0.15, 0.2) is 0 Å². The Morgan fingerprint density at radius 2 is 1.27 bits per heavy atom. The van der Waals surface area contributed by atoms with E-state index in [1.165, 1.54) is 11.8 Å². The summed E-state index contributed by atoms with van der Waals surface area (Å²) in [4.78, 5) is 138. The first kappa shape index (κ1) is 52.1. The molecular formula is C36H61N11O13. The Balaban J connectivity index is 2.86. The molecule has 0 aromatic heterocycles. The van der Waals surface area contributed by atoms with Gasteiger partial charge in [-0.25, -0.2) is 4.79 Å². The highest BCUT2D eigenvalue weighted by molar-refractivity contribution is 5.97. The number of nitrogens with one attached hydrogen (secondary N) is 7. The molecule has 15 N–H and O–H groups in total. The summed E-state index contributed by atoms with van der Waals surface area (Å²) in [6.07, 6.45) is 0.491. The fourth-order valence-electron chi connectivity index (χ4n) is 6.01. The second-order valence-corrected chi connectivity index (χ2v) is 14.7. The molecule has 24 heteroatoms. The number of aliphatic carboxylic acids is 2. The summed E-state index contributed by atoms with van der Waals surface area (Å²) >= 11 is 0. The van der Waals surface area contributed by atoms with Gasteiger partial charge in [0.25, 0.3) is 0 Å². The molecule has 0 bridgehead atoms. The van der Waals surface area contributed by atoms with Crippen molar-refractivity contribution in [2.75, 3.05) is 32.7 Å². The van der Waals surface area contributed by atoms with Crippen molar-refractivity contribution in [2.45, 2.75) is 121 Å². The molecule has 24 nitrogen and oxygen atoms in total. The zero-order valence-electron chi connectivity index (χ0n) is 34.2. The number of carboxylic acid groups (broad SMARTS) is 2. The molecule has 1 saturated heterocycles. The number of hydrogen-bond donors (Lipinski definition) is 12. The van der Waals surface area contributed by atoms with Crippen LogP contribution < -0.4 is 54.4 Å². The molecule has 0 aromatic carbocycles. The molecular weight excluding hydrogens is 794 g/mol. The van der Waals surface area contributed by atoms with Gasteiger partial charge in [-0.05, 0) is 70.8 Å². The standard InChI is InChI=1S/C36H61N11O13/c1-19(2)15-24(44-28(50)17-40-32(55)21(10-12-30(52)53)45-33(56)22(9-11-26(39)48)43-27(49)16-38)34(57)42-20(3)31(54)41-18-29(51)47-14-6-8-25(47)35(58)46-23(36(59)60)7-4-5-13-37/h19-25H,4-18,37-38H2,1-3H3,(H2,39,48)(H,40,55)(H,41,54)(H,42,57)(H,43,49)(H,44,50)(H,45,56)(H,46,58)(H,52,53)(H,59,60)/t20-,21-,22-,23-,24-,25-/m0/s1. The Kier molecular flexibility index (Phi) is 23.4. The average molecular weight is 856 g/mol. The first-order valence-corrected chi connectivity index (χ1v) is 19.7. The summed E-state index contributed by atoms with van der Waals surface area (Å²) in [7, 11) is 0. The van der Waals surface area contributed by atoms with E-state index in [2.05, 4.69) is 37.2 Å². The minimum atomic E-state index is -1.51. The van der Waals surface area contributed by atoms with E-state index < -0.39 is 134 Å². The molecule has 0 aromatic rings. The number of amides is 9. The predicted octanol–water partition coefficient (Wildman–Crippen LogP) is -5.00. The molecule has 1 aliphatic heterocycles. The maximum atomic E-state index is 13.3. The predicted molar refractivity (Wildman–Crippen MR) is 210 cm³/mol. The van der Waals surface area contributed by atoms with E-state index in [-0.39, 0.29) is 44.6 Å². The topological polar surface area (TPSA) is 394 Å². The van der Waals surface area contributed by atoms with E-state index in [0.717, 1.165) is 0 Å². The van der Waals surface area contributed by atoms with Gasteiger partial charge < -0.3 is 69.5 Å². The van der Waals surface area contributed by atoms with Gasteiger partial charge in [0.2, 0.25) is 53.2 Å². The molecule has 0 radical (unpaired) electrons. The van der Waals surface area contributed by atoms with Gasteiger partial charge in [-0.2, -0.15) is 0 Å². The molecule has 1 rings (SSSR count). The minimum Gasteiger partial charge on any atom is -0.481 e. The van der Waals surface area contributed by atoms with Crippen molar-refractivity contribution in [3.63, 3.8) is 0 Å². The summed E-state index contributed by atoms with van der Waals surface area (Å²) in [5, 5.41) is 35.4. The first-order valence-electron chi connectivity index (χ1n) is 19.7. The maximum Gasteiger partial charge on any atom is 0.326 e. The van der Waals surface area contributed by atoms with Crippen LogP contribution in [0.1, 0.15) is 85.0 Å². The van der Waals surface area contributed by atoms with Crippen LogP contribution in [0.25, 0.3) is 0 Å². The van der Waals surface area contributed by atoms with Gasteiger partial charge in [-0.3, -0.25) is 47.9 Å². The minimum absolute atomic E-state index is 0.0883. The van der Waals surface area contributed by atoms with Gasteiger partial charge >= 0.3 is 11.9 Å².